The second-order valence-corrected chi connectivity index (χ2v) is 8.16. The maximum Gasteiger partial charge on any atom is 0.144 e. The van der Waals surface area contributed by atoms with E-state index < -0.39 is 0 Å². The Labute approximate surface area is 143 Å². The van der Waals surface area contributed by atoms with E-state index in [0.717, 1.165) is 25.7 Å². The van der Waals surface area contributed by atoms with Crippen molar-refractivity contribution < 1.29 is 4.79 Å². The molecule has 24 heavy (non-hydrogen) atoms. The summed E-state index contributed by atoms with van der Waals surface area (Å²) in [7, 11) is 0. The largest absolute Gasteiger partial charge is 0.299 e. The Bertz CT molecular complexity index is 888. The van der Waals surface area contributed by atoms with Gasteiger partial charge in [0.25, 0.3) is 0 Å². The average molecular weight is 316 g/mol. The number of aryl methyl sites for hydroxylation is 1. The van der Waals surface area contributed by atoms with Gasteiger partial charge in [-0.25, -0.2) is 0 Å². The maximum absolute atomic E-state index is 13.0. The van der Waals surface area contributed by atoms with E-state index in [9.17, 15) is 4.79 Å². The van der Waals surface area contributed by atoms with Gasteiger partial charge in [0, 0.05) is 11.8 Å². The summed E-state index contributed by atoms with van der Waals surface area (Å²) in [5, 5.41) is 2.64. The second kappa shape index (κ2) is 5.05. The number of benzene rings is 2. The Kier molecular flexibility index (Phi) is 3.04. The summed E-state index contributed by atoms with van der Waals surface area (Å²) >= 11 is 0. The van der Waals surface area contributed by atoms with E-state index in [1.54, 1.807) is 5.57 Å². The van der Waals surface area contributed by atoms with E-state index in [2.05, 4.69) is 43.3 Å². The summed E-state index contributed by atoms with van der Waals surface area (Å²) in [4.78, 5) is 13.0. The molecular formula is C23H24O. The van der Waals surface area contributed by atoms with Crippen LogP contribution in [0, 0.1) is 11.3 Å². The predicted octanol–water partition coefficient (Wildman–Crippen LogP) is 5.19. The highest BCUT2D eigenvalue weighted by atomic mass is 16.1. The van der Waals surface area contributed by atoms with E-state index in [-0.39, 0.29) is 5.41 Å². The Morgan fingerprint density at radius 3 is 2.71 bits per heavy atom. The first-order valence-corrected chi connectivity index (χ1v) is 9.43. The van der Waals surface area contributed by atoms with Crippen LogP contribution in [0.5, 0.6) is 0 Å². The molecular weight excluding hydrogens is 292 g/mol. The van der Waals surface area contributed by atoms with Gasteiger partial charge in [-0.2, -0.15) is 0 Å². The average Bonchev–Trinajstić information content (AvgIpc) is 3.16. The minimum Gasteiger partial charge on any atom is -0.299 e. The third-order valence-electron chi connectivity index (χ3n) is 6.70. The van der Waals surface area contributed by atoms with Gasteiger partial charge in [-0.05, 0) is 65.5 Å². The van der Waals surface area contributed by atoms with Crippen molar-refractivity contribution in [2.45, 2.75) is 51.9 Å². The topological polar surface area (TPSA) is 17.1 Å². The number of carbonyl (C=O) groups is 1. The predicted molar refractivity (Wildman–Crippen MR) is 98.2 cm³/mol. The standard InChI is InChI=1S/C23H24O/c1-2-3-15-4-6-17-10-19-12-22(24)23(13-16-5-7-21(23)9-16)14-20(19)11-18(17)8-15/h4-6,8,10-11,21H,2-3,7,9,12-14H2,1H3. The van der Waals surface area contributed by atoms with E-state index in [1.807, 2.05) is 0 Å². The van der Waals surface area contributed by atoms with Crippen LogP contribution in [0.25, 0.3) is 10.8 Å². The molecule has 0 amide bonds. The van der Waals surface area contributed by atoms with Gasteiger partial charge in [0.05, 0.1) is 0 Å². The van der Waals surface area contributed by atoms with E-state index >= 15 is 0 Å². The van der Waals surface area contributed by atoms with Crippen molar-refractivity contribution in [1.29, 1.82) is 0 Å². The SMILES string of the molecule is CCCc1ccc2cc3c(cc2c1)CC1(CC2=CCC1C2)C(=O)C3. The second-order valence-electron chi connectivity index (χ2n) is 8.16. The van der Waals surface area contributed by atoms with Gasteiger partial charge < -0.3 is 0 Å². The van der Waals surface area contributed by atoms with E-state index in [0.29, 0.717) is 18.1 Å². The minimum atomic E-state index is -0.0637. The molecule has 1 heteroatoms. The monoisotopic (exact) mass is 316 g/mol. The Morgan fingerprint density at radius 1 is 1.08 bits per heavy atom. The summed E-state index contributed by atoms with van der Waals surface area (Å²) in [5.74, 6) is 1.08. The number of hydrogen-bond acceptors (Lipinski definition) is 1. The van der Waals surface area contributed by atoms with Gasteiger partial charge in [0.1, 0.15) is 5.78 Å². The molecule has 2 bridgehead atoms. The summed E-state index contributed by atoms with van der Waals surface area (Å²) in [6.45, 7) is 2.23. The van der Waals surface area contributed by atoms with Crippen molar-refractivity contribution in [2.75, 3.05) is 0 Å². The van der Waals surface area contributed by atoms with Crippen LogP contribution in [-0.4, -0.2) is 5.78 Å². The van der Waals surface area contributed by atoms with Crippen LogP contribution in [0.2, 0.25) is 0 Å². The molecule has 2 unspecified atom stereocenters. The van der Waals surface area contributed by atoms with Crippen molar-refractivity contribution in [3.63, 3.8) is 0 Å². The van der Waals surface area contributed by atoms with E-state index in [4.69, 9.17) is 0 Å². The highest BCUT2D eigenvalue weighted by molar-refractivity contribution is 5.93. The Morgan fingerprint density at radius 2 is 1.96 bits per heavy atom. The molecule has 2 aromatic rings. The summed E-state index contributed by atoms with van der Waals surface area (Å²) in [5.41, 5.74) is 5.62. The molecule has 3 aliphatic carbocycles. The minimum absolute atomic E-state index is 0.0637. The summed E-state index contributed by atoms with van der Waals surface area (Å²) in [6.07, 6.45) is 9.67. The Balaban J connectivity index is 1.59. The maximum atomic E-state index is 13.0. The van der Waals surface area contributed by atoms with Gasteiger partial charge in [-0.3, -0.25) is 4.79 Å². The number of fused-ring (bicyclic) bond motifs is 5. The first-order valence-electron chi connectivity index (χ1n) is 9.43. The van der Waals surface area contributed by atoms with Crippen molar-refractivity contribution in [3.05, 3.63) is 58.7 Å². The molecule has 1 nitrogen and oxygen atoms in total. The zero-order valence-electron chi connectivity index (χ0n) is 14.4. The lowest BCUT2D eigenvalue weighted by molar-refractivity contribution is -0.131. The fourth-order valence-electron chi connectivity index (χ4n) is 5.44. The van der Waals surface area contributed by atoms with Crippen molar-refractivity contribution in [3.8, 4) is 0 Å². The lowest BCUT2D eigenvalue weighted by Crippen LogP contribution is -2.42. The molecule has 0 saturated heterocycles. The van der Waals surface area contributed by atoms with Gasteiger partial charge in [-0.15, -0.1) is 0 Å². The van der Waals surface area contributed by atoms with Gasteiger partial charge >= 0.3 is 0 Å². The van der Waals surface area contributed by atoms with Crippen molar-refractivity contribution in [2.24, 2.45) is 11.3 Å². The molecule has 122 valence electrons. The first kappa shape index (κ1) is 14.5. The van der Waals surface area contributed by atoms with Crippen LogP contribution in [0.15, 0.2) is 42.0 Å². The molecule has 0 aromatic heterocycles. The first-order chi connectivity index (χ1) is 11.7. The summed E-state index contributed by atoms with van der Waals surface area (Å²) in [6, 6.07) is 11.5. The van der Waals surface area contributed by atoms with E-state index in [1.165, 1.54) is 40.3 Å². The van der Waals surface area contributed by atoms with Gasteiger partial charge in [0.2, 0.25) is 0 Å². The van der Waals surface area contributed by atoms with Crippen LogP contribution >= 0.6 is 0 Å². The van der Waals surface area contributed by atoms with Crippen LogP contribution in [0.1, 0.15) is 49.3 Å². The number of allylic oxidation sites excluding steroid dienone is 2. The number of ketones is 1. The van der Waals surface area contributed by atoms with Crippen LogP contribution < -0.4 is 0 Å². The zero-order chi connectivity index (χ0) is 16.3. The normalized spacial score (nSPS) is 27.8. The van der Waals surface area contributed by atoms with Crippen LogP contribution in [-0.2, 0) is 24.1 Å². The smallest absolute Gasteiger partial charge is 0.144 e. The summed E-state index contributed by atoms with van der Waals surface area (Å²) < 4.78 is 0. The number of carbonyl (C=O) groups excluding carboxylic acids is 1. The molecule has 1 fully saturated rings. The molecule has 1 spiro atoms. The molecule has 0 aliphatic heterocycles. The fraction of sp³-hybridized carbons (Fsp3) is 0.435. The molecule has 0 radical (unpaired) electrons. The quantitative estimate of drug-likeness (QED) is 0.697. The molecule has 1 saturated carbocycles. The molecule has 3 aliphatic rings. The molecule has 0 heterocycles. The van der Waals surface area contributed by atoms with Gasteiger partial charge in [0.15, 0.2) is 0 Å². The third kappa shape index (κ3) is 1.97. The van der Waals surface area contributed by atoms with Gasteiger partial charge in [-0.1, -0.05) is 55.3 Å². The van der Waals surface area contributed by atoms with Crippen molar-refractivity contribution >= 4 is 16.6 Å². The highest BCUT2D eigenvalue weighted by Crippen LogP contribution is 2.57. The highest BCUT2D eigenvalue weighted by Gasteiger charge is 2.53. The number of Topliss-reactive ketones (excluding diaryl/α,β-unsaturated/α-hetero) is 1. The number of hydrogen-bond donors (Lipinski definition) is 0. The molecule has 5 rings (SSSR count). The van der Waals surface area contributed by atoms with Crippen LogP contribution in [0.4, 0.5) is 0 Å². The zero-order valence-corrected chi connectivity index (χ0v) is 14.4. The fourth-order valence-corrected chi connectivity index (χ4v) is 5.44. The molecule has 0 N–H and O–H groups in total. The lowest BCUT2D eigenvalue weighted by atomic mass is 9.63. The third-order valence-corrected chi connectivity index (χ3v) is 6.70. The number of rotatable bonds is 2. The lowest BCUT2D eigenvalue weighted by Gasteiger charge is -2.39. The molecule has 2 aromatic carbocycles. The van der Waals surface area contributed by atoms with Crippen molar-refractivity contribution in [1.82, 2.24) is 0 Å². The molecule has 2 atom stereocenters. The Hall–Kier alpha value is -1.89. The van der Waals surface area contributed by atoms with Crippen LogP contribution in [0.3, 0.4) is 0 Å².